The first kappa shape index (κ1) is 15.4. The predicted molar refractivity (Wildman–Crippen MR) is 88.9 cm³/mol. The van der Waals surface area contributed by atoms with Crippen LogP contribution in [-0.2, 0) is 13.0 Å². The molecule has 0 radical (unpaired) electrons. The number of rotatable bonds is 6. The Hall–Kier alpha value is -2.53. The summed E-state index contributed by atoms with van der Waals surface area (Å²) in [6, 6.07) is 15.4. The summed E-state index contributed by atoms with van der Waals surface area (Å²) >= 11 is 6.00. The number of hydrogen-bond donors (Lipinski definition) is 1. The largest absolute Gasteiger partial charge is 0.495 e. The van der Waals surface area contributed by atoms with Crippen molar-refractivity contribution in [1.82, 2.24) is 10.2 Å². The molecule has 23 heavy (non-hydrogen) atoms. The van der Waals surface area contributed by atoms with Gasteiger partial charge in [-0.3, -0.25) is 0 Å². The Morgan fingerprint density at radius 1 is 1.09 bits per heavy atom. The Balaban J connectivity index is 1.64. The number of anilines is 1. The van der Waals surface area contributed by atoms with Gasteiger partial charge in [0.1, 0.15) is 5.75 Å². The molecule has 0 aliphatic carbocycles. The third-order valence-electron chi connectivity index (χ3n) is 3.30. The van der Waals surface area contributed by atoms with Gasteiger partial charge in [0.25, 0.3) is 0 Å². The maximum Gasteiger partial charge on any atom is 0.235 e. The third kappa shape index (κ3) is 4.02. The van der Waals surface area contributed by atoms with Crippen LogP contribution in [0.3, 0.4) is 0 Å². The van der Waals surface area contributed by atoms with Crippen LogP contribution in [0.2, 0.25) is 5.02 Å². The molecule has 1 heterocycles. The minimum Gasteiger partial charge on any atom is -0.495 e. The van der Waals surface area contributed by atoms with Gasteiger partial charge in [-0.2, -0.15) is 0 Å². The van der Waals surface area contributed by atoms with Crippen LogP contribution >= 0.6 is 11.6 Å². The van der Waals surface area contributed by atoms with E-state index in [0.29, 0.717) is 35.5 Å². The topological polar surface area (TPSA) is 60.2 Å². The standard InChI is InChI=1S/C17H16ClN3O2/c1-22-15-8-7-13(18)10-14(15)19-11-17-21-20-16(23-17)9-12-5-3-2-4-6-12/h2-8,10,19H,9,11H2,1H3. The molecule has 3 aromatic rings. The summed E-state index contributed by atoms with van der Waals surface area (Å²) in [5.74, 6) is 1.81. The summed E-state index contributed by atoms with van der Waals surface area (Å²) in [5.41, 5.74) is 1.91. The second kappa shape index (κ2) is 7.15. The summed E-state index contributed by atoms with van der Waals surface area (Å²) in [6.45, 7) is 0.401. The van der Waals surface area contributed by atoms with E-state index >= 15 is 0 Å². The zero-order valence-corrected chi connectivity index (χ0v) is 13.4. The highest BCUT2D eigenvalue weighted by Crippen LogP contribution is 2.28. The number of aromatic nitrogens is 2. The van der Waals surface area contributed by atoms with E-state index in [1.165, 1.54) is 0 Å². The Morgan fingerprint density at radius 3 is 2.65 bits per heavy atom. The van der Waals surface area contributed by atoms with E-state index in [0.717, 1.165) is 11.3 Å². The summed E-state index contributed by atoms with van der Waals surface area (Å²) in [6.07, 6.45) is 0.619. The molecule has 118 valence electrons. The molecule has 0 spiro atoms. The first-order valence-corrected chi connectivity index (χ1v) is 7.55. The van der Waals surface area contributed by atoms with Gasteiger partial charge in [0.15, 0.2) is 0 Å². The highest BCUT2D eigenvalue weighted by Gasteiger charge is 2.09. The Kier molecular flexibility index (Phi) is 4.78. The number of ether oxygens (including phenoxy) is 1. The monoisotopic (exact) mass is 329 g/mol. The van der Waals surface area contributed by atoms with E-state index in [4.69, 9.17) is 20.8 Å². The normalized spacial score (nSPS) is 10.5. The van der Waals surface area contributed by atoms with Crippen molar-refractivity contribution in [3.05, 3.63) is 70.9 Å². The quantitative estimate of drug-likeness (QED) is 0.742. The number of halogens is 1. The zero-order valence-electron chi connectivity index (χ0n) is 12.6. The van der Waals surface area contributed by atoms with Gasteiger partial charge in [-0.05, 0) is 23.8 Å². The second-order valence-corrected chi connectivity index (χ2v) is 5.39. The molecule has 0 aliphatic rings. The number of nitrogens with zero attached hydrogens (tertiary/aromatic N) is 2. The lowest BCUT2D eigenvalue weighted by molar-refractivity contribution is 0.416. The van der Waals surface area contributed by atoms with E-state index in [-0.39, 0.29) is 0 Å². The van der Waals surface area contributed by atoms with E-state index < -0.39 is 0 Å². The minimum atomic E-state index is 0.401. The lowest BCUT2D eigenvalue weighted by Crippen LogP contribution is -2.01. The predicted octanol–water partition coefficient (Wildman–Crippen LogP) is 3.93. The second-order valence-electron chi connectivity index (χ2n) is 4.95. The lowest BCUT2D eigenvalue weighted by atomic mass is 10.2. The third-order valence-corrected chi connectivity index (χ3v) is 3.53. The van der Waals surface area contributed by atoms with Gasteiger partial charge in [-0.25, -0.2) is 0 Å². The van der Waals surface area contributed by atoms with Crippen LogP contribution in [0.25, 0.3) is 0 Å². The van der Waals surface area contributed by atoms with E-state index in [2.05, 4.69) is 15.5 Å². The van der Waals surface area contributed by atoms with Crippen LogP contribution in [0.5, 0.6) is 5.75 Å². The highest BCUT2D eigenvalue weighted by molar-refractivity contribution is 6.30. The van der Waals surface area contributed by atoms with Gasteiger partial charge in [-0.15, -0.1) is 10.2 Å². The Labute approximate surface area is 139 Å². The van der Waals surface area contributed by atoms with Crippen molar-refractivity contribution in [3.63, 3.8) is 0 Å². The number of nitrogens with one attached hydrogen (secondary N) is 1. The minimum absolute atomic E-state index is 0.401. The average molecular weight is 330 g/mol. The van der Waals surface area contributed by atoms with E-state index in [1.807, 2.05) is 30.3 Å². The Bertz CT molecular complexity index is 775. The van der Waals surface area contributed by atoms with Gasteiger partial charge in [0, 0.05) is 5.02 Å². The smallest absolute Gasteiger partial charge is 0.235 e. The molecule has 0 unspecified atom stereocenters. The van der Waals surface area contributed by atoms with E-state index in [9.17, 15) is 0 Å². The van der Waals surface area contributed by atoms with Crippen molar-refractivity contribution in [2.45, 2.75) is 13.0 Å². The molecule has 1 N–H and O–H groups in total. The molecular formula is C17H16ClN3O2. The molecule has 6 heteroatoms. The van der Waals surface area contributed by atoms with Crippen molar-refractivity contribution in [3.8, 4) is 5.75 Å². The fraction of sp³-hybridized carbons (Fsp3) is 0.176. The number of benzene rings is 2. The molecular weight excluding hydrogens is 314 g/mol. The van der Waals surface area contributed by atoms with Crippen LogP contribution in [0.1, 0.15) is 17.3 Å². The molecule has 0 atom stereocenters. The summed E-state index contributed by atoms with van der Waals surface area (Å²) < 4.78 is 10.9. The molecule has 2 aromatic carbocycles. The van der Waals surface area contributed by atoms with Crippen molar-refractivity contribution in [2.75, 3.05) is 12.4 Å². The van der Waals surface area contributed by atoms with E-state index in [1.54, 1.807) is 25.3 Å². The molecule has 5 nitrogen and oxygen atoms in total. The van der Waals surface area contributed by atoms with Gasteiger partial charge in [0.2, 0.25) is 11.8 Å². The molecule has 3 rings (SSSR count). The van der Waals surface area contributed by atoms with Crippen molar-refractivity contribution < 1.29 is 9.15 Å². The fourth-order valence-electron chi connectivity index (χ4n) is 2.19. The van der Waals surface area contributed by atoms with Crippen LogP contribution in [0.4, 0.5) is 5.69 Å². The first-order valence-electron chi connectivity index (χ1n) is 7.17. The zero-order chi connectivity index (χ0) is 16.1. The molecule has 1 aromatic heterocycles. The van der Waals surface area contributed by atoms with Gasteiger partial charge >= 0.3 is 0 Å². The average Bonchev–Trinajstić information content (AvgIpc) is 3.01. The SMILES string of the molecule is COc1ccc(Cl)cc1NCc1nnc(Cc2ccccc2)o1. The first-order chi connectivity index (χ1) is 11.2. The van der Waals surface area contributed by atoms with Crippen molar-refractivity contribution in [1.29, 1.82) is 0 Å². The van der Waals surface area contributed by atoms with Gasteiger partial charge in [-0.1, -0.05) is 41.9 Å². The lowest BCUT2D eigenvalue weighted by Gasteiger charge is -2.09. The maximum absolute atomic E-state index is 6.00. The highest BCUT2D eigenvalue weighted by atomic mass is 35.5. The molecule has 0 fully saturated rings. The summed E-state index contributed by atoms with van der Waals surface area (Å²) in [5, 5.41) is 11.9. The van der Waals surface area contributed by atoms with Crippen LogP contribution in [-0.4, -0.2) is 17.3 Å². The number of methoxy groups -OCH3 is 1. The van der Waals surface area contributed by atoms with Crippen LogP contribution in [0, 0.1) is 0 Å². The van der Waals surface area contributed by atoms with Crippen LogP contribution < -0.4 is 10.1 Å². The van der Waals surface area contributed by atoms with Gasteiger partial charge < -0.3 is 14.5 Å². The molecule has 0 amide bonds. The van der Waals surface area contributed by atoms with Crippen LogP contribution in [0.15, 0.2) is 52.9 Å². The molecule has 0 saturated heterocycles. The number of hydrogen-bond acceptors (Lipinski definition) is 5. The van der Waals surface area contributed by atoms with Crippen molar-refractivity contribution in [2.24, 2.45) is 0 Å². The summed E-state index contributed by atoms with van der Waals surface area (Å²) in [4.78, 5) is 0. The van der Waals surface area contributed by atoms with Gasteiger partial charge in [0.05, 0.1) is 25.8 Å². The maximum atomic E-state index is 6.00. The summed E-state index contributed by atoms with van der Waals surface area (Å²) in [7, 11) is 1.61. The molecule has 0 aliphatic heterocycles. The Morgan fingerprint density at radius 2 is 1.87 bits per heavy atom. The molecule has 0 bridgehead atoms. The molecule has 0 saturated carbocycles. The van der Waals surface area contributed by atoms with Crippen molar-refractivity contribution >= 4 is 17.3 Å². The fourth-order valence-corrected chi connectivity index (χ4v) is 2.36.